The average molecular weight is 331 g/mol. The Bertz CT molecular complexity index is 556. The van der Waals surface area contributed by atoms with Crippen LogP contribution in [0.3, 0.4) is 0 Å². The van der Waals surface area contributed by atoms with E-state index in [0.717, 1.165) is 22.4 Å². The Labute approximate surface area is 119 Å². The highest BCUT2D eigenvalue weighted by Crippen LogP contribution is 2.25. The number of rotatable bonds is 4. The number of nitrogens with zero attached hydrogens (tertiary/aromatic N) is 3. The van der Waals surface area contributed by atoms with Crippen LogP contribution in [0.25, 0.3) is 0 Å². The van der Waals surface area contributed by atoms with Crippen LogP contribution < -0.4 is 4.74 Å². The topological polar surface area (TPSA) is 39.9 Å². The molecule has 0 bridgehead atoms. The minimum absolute atomic E-state index is 0.368. The molecule has 0 saturated carbocycles. The zero-order chi connectivity index (χ0) is 13.1. The third kappa shape index (κ3) is 2.67. The lowest BCUT2D eigenvalue weighted by molar-refractivity contribution is 0.291. The summed E-state index contributed by atoms with van der Waals surface area (Å²) in [6.45, 7) is 5.20. The molecule has 2 rings (SSSR count). The zero-order valence-electron chi connectivity index (χ0n) is 10.2. The first-order valence-corrected chi connectivity index (χ1v) is 6.75. The monoisotopic (exact) mass is 329 g/mol. The van der Waals surface area contributed by atoms with Crippen molar-refractivity contribution in [1.82, 2.24) is 14.8 Å². The molecule has 6 heteroatoms. The molecule has 0 aliphatic rings. The first kappa shape index (κ1) is 13.4. The lowest BCUT2D eigenvalue weighted by Gasteiger charge is -2.09. The van der Waals surface area contributed by atoms with E-state index < -0.39 is 0 Å². The van der Waals surface area contributed by atoms with Crippen molar-refractivity contribution in [2.45, 2.75) is 27.0 Å². The van der Waals surface area contributed by atoms with Gasteiger partial charge in [-0.2, -0.15) is 5.10 Å². The lowest BCUT2D eigenvalue weighted by atomic mass is 10.4. The van der Waals surface area contributed by atoms with Gasteiger partial charge in [-0.3, -0.25) is 4.68 Å². The van der Waals surface area contributed by atoms with Gasteiger partial charge >= 0.3 is 0 Å². The van der Waals surface area contributed by atoms with Gasteiger partial charge in [-0.15, -0.1) is 0 Å². The number of hydrogen-bond donors (Lipinski definition) is 0. The normalized spacial score (nSPS) is 10.7. The van der Waals surface area contributed by atoms with Crippen LogP contribution in [0.4, 0.5) is 0 Å². The second-order valence-electron chi connectivity index (χ2n) is 3.74. The van der Waals surface area contributed by atoms with Gasteiger partial charge in [0.25, 0.3) is 0 Å². The van der Waals surface area contributed by atoms with E-state index in [9.17, 15) is 0 Å². The molecule has 18 heavy (non-hydrogen) atoms. The highest BCUT2D eigenvalue weighted by Gasteiger charge is 2.13. The summed E-state index contributed by atoms with van der Waals surface area (Å²) < 4.78 is 8.56. The minimum atomic E-state index is 0.368. The highest BCUT2D eigenvalue weighted by atomic mass is 79.9. The van der Waals surface area contributed by atoms with Crippen LogP contribution >= 0.6 is 27.5 Å². The molecule has 0 spiro atoms. The van der Waals surface area contributed by atoms with Gasteiger partial charge in [0.05, 0.1) is 15.9 Å². The Morgan fingerprint density at radius 1 is 1.50 bits per heavy atom. The Morgan fingerprint density at radius 2 is 2.28 bits per heavy atom. The number of aromatic nitrogens is 3. The molecule has 0 aliphatic carbocycles. The second-order valence-corrected chi connectivity index (χ2v) is 4.89. The van der Waals surface area contributed by atoms with E-state index in [0.29, 0.717) is 17.5 Å². The SMILES string of the molecule is CCn1nc(C)c(Br)c1COc1cccnc1Cl. The number of aryl methyl sites for hydroxylation is 2. The molecular weight excluding hydrogens is 318 g/mol. The third-order valence-electron chi connectivity index (χ3n) is 2.54. The number of pyridine rings is 1. The maximum atomic E-state index is 5.94. The van der Waals surface area contributed by atoms with Crippen LogP contribution in [0.2, 0.25) is 5.15 Å². The molecule has 0 saturated heterocycles. The maximum Gasteiger partial charge on any atom is 0.171 e. The summed E-state index contributed by atoms with van der Waals surface area (Å²) in [6.07, 6.45) is 1.63. The van der Waals surface area contributed by atoms with Crippen LogP contribution in [-0.4, -0.2) is 14.8 Å². The van der Waals surface area contributed by atoms with E-state index in [-0.39, 0.29) is 0 Å². The van der Waals surface area contributed by atoms with Crippen molar-refractivity contribution >= 4 is 27.5 Å². The van der Waals surface area contributed by atoms with Gasteiger partial charge in [-0.1, -0.05) is 11.6 Å². The van der Waals surface area contributed by atoms with E-state index in [1.165, 1.54) is 0 Å². The predicted octanol–water partition coefficient (Wildman–Crippen LogP) is 3.60. The molecule has 0 amide bonds. The van der Waals surface area contributed by atoms with Crippen molar-refractivity contribution in [3.8, 4) is 5.75 Å². The van der Waals surface area contributed by atoms with Gasteiger partial charge < -0.3 is 4.74 Å². The summed E-state index contributed by atoms with van der Waals surface area (Å²) in [5.74, 6) is 0.576. The predicted molar refractivity (Wildman–Crippen MR) is 73.9 cm³/mol. The van der Waals surface area contributed by atoms with Gasteiger partial charge in [0, 0.05) is 12.7 Å². The van der Waals surface area contributed by atoms with E-state index >= 15 is 0 Å². The van der Waals surface area contributed by atoms with Gasteiger partial charge in [0.1, 0.15) is 6.61 Å². The molecule has 4 nitrogen and oxygen atoms in total. The van der Waals surface area contributed by atoms with Gasteiger partial charge in [0.15, 0.2) is 10.9 Å². The molecule has 0 atom stereocenters. The van der Waals surface area contributed by atoms with Crippen LogP contribution in [0, 0.1) is 6.92 Å². The van der Waals surface area contributed by atoms with E-state index in [1.54, 1.807) is 18.3 Å². The van der Waals surface area contributed by atoms with Crippen molar-refractivity contribution in [1.29, 1.82) is 0 Å². The van der Waals surface area contributed by atoms with Gasteiger partial charge in [-0.05, 0) is 41.9 Å². The lowest BCUT2D eigenvalue weighted by Crippen LogP contribution is -2.07. The van der Waals surface area contributed by atoms with Gasteiger partial charge in [-0.25, -0.2) is 4.98 Å². The smallest absolute Gasteiger partial charge is 0.171 e. The van der Waals surface area contributed by atoms with Crippen LogP contribution in [0.5, 0.6) is 5.75 Å². The first-order valence-electron chi connectivity index (χ1n) is 5.58. The molecule has 0 fully saturated rings. The Balaban J connectivity index is 2.18. The quantitative estimate of drug-likeness (QED) is 0.804. The summed E-state index contributed by atoms with van der Waals surface area (Å²) in [5, 5.41) is 4.77. The van der Waals surface area contributed by atoms with Gasteiger partial charge in [0.2, 0.25) is 0 Å². The van der Waals surface area contributed by atoms with Crippen LogP contribution in [0.1, 0.15) is 18.3 Å². The molecule has 2 aromatic rings. The molecule has 96 valence electrons. The Hall–Kier alpha value is -1.07. The summed E-state index contributed by atoms with van der Waals surface area (Å²) in [4.78, 5) is 3.97. The Morgan fingerprint density at radius 3 is 2.94 bits per heavy atom. The molecule has 2 aromatic heterocycles. The van der Waals surface area contributed by atoms with Crippen molar-refractivity contribution < 1.29 is 4.74 Å². The fraction of sp³-hybridized carbons (Fsp3) is 0.333. The van der Waals surface area contributed by atoms with E-state index in [1.807, 2.05) is 18.5 Å². The molecule has 0 unspecified atom stereocenters. The maximum absolute atomic E-state index is 5.94. The van der Waals surface area contributed by atoms with Crippen molar-refractivity contribution in [3.05, 3.63) is 39.3 Å². The molecule has 0 aromatic carbocycles. The second kappa shape index (κ2) is 5.71. The zero-order valence-corrected chi connectivity index (χ0v) is 12.5. The van der Waals surface area contributed by atoms with Crippen molar-refractivity contribution in [2.75, 3.05) is 0 Å². The average Bonchev–Trinajstić information content (AvgIpc) is 2.65. The van der Waals surface area contributed by atoms with Crippen LogP contribution in [0.15, 0.2) is 22.8 Å². The summed E-state index contributed by atoms with van der Waals surface area (Å²) in [7, 11) is 0. The molecular formula is C12H13BrClN3O. The van der Waals surface area contributed by atoms with Crippen LogP contribution in [-0.2, 0) is 13.2 Å². The fourth-order valence-electron chi connectivity index (χ4n) is 1.63. The summed E-state index contributed by atoms with van der Waals surface area (Å²) in [5.41, 5.74) is 1.95. The largest absolute Gasteiger partial charge is 0.484 e. The first-order chi connectivity index (χ1) is 8.63. The van der Waals surface area contributed by atoms with Crippen molar-refractivity contribution in [3.63, 3.8) is 0 Å². The van der Waals surface area contributed by atoms with Crippen molar-refractivity contribution in [2.24, 2.45) is 0 Å². The van der Waals surface area contributed by atoms with E-state index in [2.05, 4.69) is 26.0 Å². The Kier molecular flexibility index (Phi) is 4.24. The minimum Gasteiger partial charge on any atom is -0.484 e. The number of halogens is 2. The standard InChI is InChI=1S/C12H13BrClN3O/c1-3-17-9(11(13)8(2)16-17)7-18-10-5-4-6-15-12(10)14/h4-6H,3,7H2,1-2H3. The molecule has 2 heterocycles. The summed E-state index contributed by atoms with van der Waals surface area (Å²) >= 11 is 9.46. The number of ether oxygens (including phenoxy) is 1. The third-order valence-corrected chi connectivity index (χ3v) is 3.86. The number of hydrogen-bond acceptors (Lipinski definition) is 3. The summed E-state index contributed by atoms with van der Waals surface area (Å²) in [6, 6.07) is 3.58. The molecule has 0 aliphatic heterocycles. The highest BCUT2D eigenvalue weighted by molar-refractivity contribution is 9.10. The van der Waals surface area contributed by atoms with E-state index in [4.69, 9.17) is 16.3 Å². The molecule has 0 radical (unpaired) electrons. The molecule has 0 N–H and O–H groups in total. The fourth-order valence-corrected chi connectivity index (χ4v) is 2.20.